The molecule has 0 saturated carbocycles. The lowest BCUT2D eigenvalue weighted by Gasteiger charge is -2.42. The Morgan fingerprint density at radius 3 is 2.44 bits per heavy atom. The van der Waals surface area contributed by atoms with Gasteiger partial charge in [0.25, 0.3) is 0 Å². The van der Waals surface area contributed by atoms with Crippen molar-refractivity contribution in [1.29, 1.82) is 0 Å². The molecule has 48 heavy (non-hydrogen) atoms. The third-order valence-electron chi connectivity index (χ3n) is 12.3. The minimum atomic E-state index is -0.114. The number of benzene rings is 4. The van der Waals surface area contributed by atoms with E-state index >= 15 is 0 Å². The lowest BCUT2D eigenvalue weighted by Crippen LogP contribution is -2.45. The van der Waals surface area contributed by atoms with Crippen LogP contribution in [0.2, 0.25) is 0 Å². The number of allylic oxidation sites excluding steroid dienone is 7. The van der Waals surface area contributed by atoms with Crippen molar-refractivity contribution in [3.8, 4) is 5.69 Å². The molecule has 1 aromatic heterocycles. The Morgan fingerprint density at radius 2 is 1.58 bits per heavy atom. The molecular formula is C47H41N. The molecule has 0 fully saturated rings. The number of rotatable bonds is 4. The molecule has 5 aromatic rings. The van der Waals surface area contributed by atoms with Crippen LogP contribution in [0, 0.1) is 5.92 Å². The Hall–Kier alpha value is -4.88. The lowest BCUT2D eigenvalue weighted by molar-refractivity contribution is 0.591. The molecule has 2 aliphatic heterocycles. The van der Waals surface area contributed by atoms with Gasteiger partial charge in [-0.25, -0.2) is 0 Å². The Labute approximate surface area is 283 Å². The van der Waals surface area contributed by atoms with Crippen LogP contribution in [0.3, 0.4) is 0 Å². The van der Waals surface area contributed by atoms with Crippen LogP contribution in [0.15, 0.2) is 121 Å². The van der Waals surface area contributed by atoms with Crippen LogP contribution in [0.5, 0.6) is 0 Å². The van der Waals surface area contributed by atoms with Gasteiger partial charge in [0.1, 0.15) is 0 Å². The molecule has 1 nitrogen and oxygen atoms in total. The molecule has 1 heteroatoms. The van der Waals surface area contributed by atoms with Gasteiger partial charge in [0.2, 0.25) is 0 Å². The lowest BCUT2D eigenvalue weighted by atomic mass is 9.67. The van der Waals surface area contributed by atoms with Crippen LogP contribution in [-0.4, -0.2) is 4.57 Å². The van der Waals surface area contributed by atoms with Gasteiger partial charge in [0.05, 0.1) is 16.6 Å². The van der Waals surface area contributed by atoms with Gasteiger partial charge in [-0.1, -0.05) is 149 Å². The highest BCUT2D eigenvalue weighted by atomic mass is 15.0. The number of hydrogen-bond acceptors (Lipinski definition) is 0. The molecular weight excluding hydrogens is 579 g/mol. The molecule has 0 radical (unpaired) electrons. The third kappa shape index (κ3) is 3.73. The highest BCUT2D eigenvalue weighted by Crippen LogP contribution is 2.51. The molecule has 0 amide bonds. The number of fused-ring (bicyclic) bond motifs is 4. The maximum absolute atomic E-state index is 2.68. The van der Waals surface area contributed by atoms with E-state index in [1.807, 2.05) is 0 Å². The van der Waals surface area contributed by atoms with E-state index in [0.717, 1.165) is 19.3 Å². The maximum Gasteiger partial charge on any atom is 0.0582 e. The molecule has 0 saturated heterocycles. The first kappa shape index (κ1) is 28.2. The van der Waals surface area contributed by atoms with Crippen LogP contribution in [-0.2, 0) is 17.3 Å². The third-order valence-corrected chi connectivity index (χ3v) is 12.3. The normalized spacial score (nSPS) is 21.8. The van der Waals surface area contributed by atoms with Crippen LogP contribution in [0.4, 0.5) is 0 Å². The quantitative estimate of drug-likeness (QED) is 0.189. The van der Waals surface area contributed by atoms with Gasteiger partial charge in [0, 0.05) is 33.3 Å². The molecule has 3 aliphatic carbocycles. The second kappa shape index (κ2) is 9.83. The summed E-state index contributed by atoms with van der Waals surface area (Å²) in [5, 5.41) is 4.36. The van der Waals surface area contributed by atoms with E-state index in [4.69, 9.17) is 0 Å². The average Bonchev–Trinajstić information content (AvgIpc) is 3.44. The summed E-state index contributed by atoms with van der Waals surface area (Å²) in [6.45, 7) is 9.83. The Kier molecular flexibility index (Phi) is 5.77. The summed E-state index contributed by atoms with van der Waals surface area (Å²) in [5.74, 6) is 0.757. The first-order valence-electron chi connectivity index (χ1n) is 17.8. The van der Waals surface area contributed by atoms with E-state index in [2.05, 4.69) is 160 Å². The average molecular weight is 620 g/mol. The molecule has 5 aliphatic rings. The Balaban J connectivity index is 1.23. The maximum atomic E-state index is 2.68. The van der Waals surface area contributed by atoms with E-state index < -0.39 is 0 Å². The molecule has 2 unspecified atom stereocenters. The molecule has 0 spiro atoms. The summed E-state index contributed by atoms with van der Waals surface area (Å²) in [6.07, 6.45) is 19.8. The summed E-state index contributed by atoms with van der Waals surface area (Å²) in [6, 6.07) is 32.2. The zero-order valence-electron chi connectivity index (χ0n) is 28.3. The molecule has 3 heterocycles. The van der Waals surface area contributed by atoms with Gasteiger partial charge < -0.3 is 4.57 Å². The monoisotopic (exact) mass is 619 g/mol. The van der Waals surface area contributed by atoms with Crippen molar-refractivity contribution in [3.05, 3.63) is 170 Å². The van der Waals surface area contributed by atoms with Crippen LogP contribution in [0.25, 0.3) is 39.9 Å². The highest BCUT2D eigenvalue weighted by Gasteiger charge is 2.43. The summed E-state index contributed by atoms with van der Waals surface area (Å²) in [7, 11) is 0. The predicted octanol–water partition coefficient (Wildman–Crippen LogP) is 9.84. The number of aromatic nitrogens is 1. The molecule has 4 aromatic carbocycles. The van der Waals surface area contributed by atoms with E-state index in [9.17, 15) is 0 Å². The first-order chi connectivity index (χ1) is 23.3. The van der Waals surface area contributed by atoms with Gasteiger partial charge in [0.15, 0.2) is 0 Å². The molecule has 0 bridgehead atoms. The smallest absolute Gasteiger partial charge is 0.0582 e. The van der Waals surface area contributed by atoms with E-state index in [0.29, 0.717) is 11.8 Å². The van der Waals surface area contributed by atoms with Gasteiger partial charge in [-0.15, -0.1) is 0 Å². The van der Waals surface area contributed by atoms with E-state index in [1.165, 1.54) is 77.2 Å². The fraction of sp³-hybridized carbons (Fsp3) is 0.234. The van der Waals surface area contributed by atoms with Crippen molar-refractivity contribution < 1.29 is 0 Å². The van der Waals surface area contributed by atoms with Crippen molar-refractivity contribution in [2.75, 3.05) is 0 Å². The van der Waals surface area contributed by atoms with Gasteiger partial charge in [-0.05, 0) is 81.0 Å². The predicted molar refractivity (Wildman–Crippen MR) is 202 cm³/mol. The molecule has 0 N–H and O–H groups in total. The van der Waals surface area contributed by atoms with Gasteiger partial charge in [-0.2, -0.15) is 0 Å². The number of hydrogen-bond donors (Lipinski definition) is 0. The van der Waals surface area contributed by atoms with E-state index in [-0.39, 0.29) is 10.8 Å². The summed E-state index contributed by atoms with van der Waals surface area (Å²) in [5.41, 5.74) is 17.0. The second-order valence-corrected chi connectivity index (χ2v) is 15.6. The van der Waals surface area contributed by atoms with Crippen molar-refractivity contribution >= 4 is 34.2 Å². The minimum Gasteiger partial charge on any atom is -0.308 e. The molecule has 234 valence electrons. The van der Waals surface area contributed by atoms with Crippen molar-refractivity contribution in [3.63, 3.8) is 0 Å². The molecule has 2 atom stereocenters. The number of nitrogens with zero attached hydrogens (tertiary/aromatic N) is 1. The Morgan fingerprint density at radius 1 is 0.812 bits per heavy atom. The van der Waals surface area contributed by atoms with Crippen LogP contribution < -0.4 is 10.6 Å². The summed E-state index contributed by atoms with van der Waals surface area (Å²) in [4.78, 5) is 0. The first-order valence-corrected chi connectivity index (χ1v) is 17.8. The minimum absolute atomic E-state index is 0.0161. The fourth-order valence-corrected chi connectivity index (χ4v) is 9.88. The largest absolute Gasteiger partial charge is 0.308 e. The summed E-state index contributed by atoms with van der Waals surface area (Å²) >= 11 is 0. The topological polar surface area (TPSA) is 4.93 Å². The van der Waals surface area contributed by atoms with Crippen molar-refractivity contribution in [2.24, 2.45) is 5.92 Å². The van der Waals surface area contributed by atoms with Crippen LogP contribution >= 0.6 is 0 Å². The van der Waals surface area contributed by atoms with Crippen molar-refractivity contribution in [2.45, 2.75) is 63.7 Å². The van der Waals surface area contributed by atoms with Gasteiger partial charge in [-0.3, -0.25) is 0 Å². The second-order valence-electron chi connectivity index (χ2n) is 15.6. The zero-order chi connectivity index (χ0) is 32.4. The van der Waals surface area contributed by atoms with Crippen molar-refractivity contribution in [1.82, 2.24) is 4.57 Å². The SMILES string of the molecule is CC1(C)C2=c3c(c4cc(CC(=Cc5ccccc5)C5=CC6C=CC=CC6c6ccccc65)cc5c4n3-c3c1cccc3C5(C)C)=CCC2. The van der Waals surface area contributed by atoms with E-state index in [1.54, 1.807) is 5.57 Å². The van der Waals surface area contributed by atoms with Gasteiger partial charge >= 0.3 is 0 Å². The Bertz CT molecular complexity index is 2470. The van der Waals surface area contributed by atoms with Crippen LogP contribution in [0.1, 0.15) is 85.4 Å². The molecule has 10 rings (SSSR count). The zero-order valence-corrected chi connectivity index (χ0v) is 28.3. The standard InChI is InChI=1S/C47H41N/c1-46(2)39-21-12-20-36-38-26-30(27-42-44(38)48(43(36)39)45-40(46)22-13-23-41(45)47(42,3)4)25-32(24-29-14-6-5-7-15-29)37-28-31-16-8-9-17-33(31)34-18-10-11-19-35(34)37/h5-11,13-20,22-24,26-28,31,33H,12,21,25H2,1-4H3. The fourth-order valence-electron chi connectivity index (χ4n) is 9.88. The highest BCUT2D eigenvalue weighted by molar-refractivity contribution is 5.95. The summed E-state index contributed by atoms with van der Waals surface area (Å²) < 4.78 is 2.68. The number of para-hydroxylation sites is 1.